The van der Waals surface area contributed by atoms with Crippen molar-refractivity contribution >= 4 is 16.9 Å². The molecule has 2 heterocycles. The van der Waals surface area contributed by atoms with Gasteiger partial charge in [0.25, 0.3) is 0 Å². The number of aromatic nitrogens is 2. The van der Waals surface area contributed by atoms with E-state index >= 15 is 0 Å². The molecular formula is C18H18N2O3. The van der Waals surface area contributed by atoms with Gasteiger partial charge in [-0.05, 0) is 44.2 Å². The van der Waals surface area contributed by atoms with Gasteiger partial charge in [-0.3, -0.25) is 4.79 Å². The molecule has 0 N–H and O–H groups in total. The number of hydrogen-bond acceptors (Lipinski definition) is 3. The fourth-order valence-electron chi connectivity index (χ4n) is 2.66. The Kier molecular flexibility index (Phi) is 4.02. The van der Waals surface area contributed by atoms with E-state index in [9.17, 15) is 9.59 Å². The molecule has 118 valence electrons. The molecule has 0 unspecified atom stereocenters. The lowest BCUT2D eigenvalue weighted by molar-refractivity contribution is 0.0524. The van der Waals surface area contributed by atoms with Crippen LogP contribution in [0.4, 0.5) is 0 Å². The van der Waals surface area contributed by atoms with E-state index in [0.29, 0.717) is 11.9 Å². The Hall–Kier alpha value is -2.82. The molecule has 5 nitrogen and oxygen atoms in total. The van der Waals surface area contributed by atoms with Crippen molar-refractivity contribution in [3.63, 3.8) is 0 Å². The van der Waals surface area contributed by atoms with Crippen molar-refractivity contribution in [3.05, 3.63) is 64.7 Å². The molecule has 0 amide bonds. The standard InChI is InChI=1S/C18H18N2O3/c1-3-19-12-15(18(22)23-4-2)17(21)14-8-7-13(11-16(14)19)20-9-5-6-10-20/h5-12H,3-4H2,1-2H3. The Labute approximate surface area is 133 Å². The van der Waals surface area contributed by atoms with E-state index in [1.807, 2.05) is 52.7 Å². The molecule has 3 aromatic rings. The number of carbonyl (C=O) groups is 1. The van der Waals surface area contributed by atoms with Crippen LogP contribution in [0.3, 0.4) is 0 Å². The molecule has 0 aliphatic heterocycles. The summed E-state index contributed by atoms with van der Waals surface area (Å²) in [4.78, 5) is 24.6. The van der Waals surface area contributed by atoms with Crippen LogP contribution >= 0.6 is 0 Å². The van der Waals surface area contributed by atoms with Gasteiger partial charge in [0.15, 0.2) is 0 Å². The predicted octanol–water partition coefficient (Wildman–Crippen LogP) is 2.99. The highest BCUT2D eigenvalue weighted by atomic mass is 16.5. The summed E-state index contributed by atoms with van der Waals surface area (Å²) >= 11 is 0. The quantitative estimate of drug-likeness (QED) is 0.696. The number of aryl methyl sites for hydroxylation is 1. The molecule has 0 atom stereocenters. The Morgan fingerprint density at radius 3 is 2.57 bits per heavy atom. The number of hydrogen-bond donors (Lipinski definition) is 0. The van der Waals surface area contributed by atoms with Crippen LogP contribution in [-0.4, -0.2) is 21.7 Å². The summed E-state index contributed by atoms with van der Waals surface area (Å²) in [6, 6.07) is 9.48. The first kappa shape index (κ1) is 15.1. The Balaban J connectivity index is 2.23. The second-order valence-electron chi connectivity index (χ2n) is 5.17. The largest absolute Gasteiger partial charge is 0.462 e. The lowest BCUT2D eigenvalue weighted by atomic mass is 10.1. The minimum absolute atomic E-state index is 0.0786. The van der Waals surface area contributed by atoms with E-state index in [2.05, 4.69) is 0 Å². The molecule has 0 radical (unpaired) electrons. The highest BCUT2D eigenvalue weighted by molar-refractivity contribution is 5.94. The third-order valence-electron chi connectivity index (χ3n) is 3.80. The number of esters is 1. The van der Waals surface area contributed by atoms with Crippen molar-refractivity contribution in [1.82, 2.24) is 9.13 Å². The Morgan fingerprint density at radius 2 is 1.91 bits per heavy atom. The van der Waals surface area contributed by atoms with Gasteiger partial charge in [-0.25, -0.2) is 4.79 Å². The molecular weight excluding hydrogens is 292 g/mol. The molecule has 2 aromatic heterocycles. The van der Waals surface area contributed by atoms with E-state index in [4.69, 9.17) is 4.74 Å². The Bertz CT molecular complexity index is 908. The van der Waals surface area contributed by atoms with Gasteiger partial charge in [-0.1, -0.05) is 0 Å². The number of carbonyl (C=O) groups excluding carboxylic acids is 1. The highest BCUT2D eigenvalue weighted by Crippen LogP contribution is 2.18. The smallest absolute Gasteiger partial charge is 0.343 e. The summed E-state index contributed by atoms with van der Waals surface area (Å²) in [6.45, 7) is 4.59. The van der Waals surface area contributed by atoms with Crippen molar-refractivity contribution in [1.29, 1.82) is 0 Å². The number of pyridine rings is 1. The number of nitrogens with zero attached hydrogens (tertiary/aromatic N) is 2. The van der Waals surface area contributed by atoms with Gasteiger partial charge < -0.3 is 13.9 Å². The van der Waals surface area contributed by atoms with Crippen molar-refractivity contribution in [3.8, 4) is 5.69 Å². The van der Waals surface area contributed by atoms with Gasteiger partial charge in [0.2, 0.25) is 5.43 Å². The van der Waals surface area contributed by atoms with Crippen molar-refractivity contribution in [2.24, 2.45) is 0 Å². The van der Waals surface area contributed by atoms with Crippen LogP contribution in [0.15, 0.2) is 53.7 Å². The summed E-state index contributed by atoms with van der Waals surface area (Å²) in [5.41, 5.74) is 1.56. The van der Waals surface area contributed by atoms with Crippen LogP contribution in [0.5, 0.6) is 0 Å². The molecule has 0 spiro atoms. The number of ether oxygens (including phenoxy) is 1. The average molecular weight is 310 g/mol. The van der Waals surface area contributed by atoms with E-state index < -0.39 is 5.97 Å². The van der Waals surface area contributed by atoms with Gasteiger partial charge in [-0.2, -0.15) is 0 Å². The minimum atomic E-state index is -0.573. The first-order chi connectivity index (χ1) is 11.2. The van der Waals surface area contributed by atoms with Crippen LogP contribution < -0.4 is 5.43 Å². The lowest BCUT2D eigenvalue weighted by Gasteiger charge is -2.13. The second-order valence-corrected chi connectivity index (χ2v) is 5.17. The molecule has 0 bridgehead atoms. The van der Waals surface area contributed by atoms with E-state index in [0.717, 1.165) is 11.2 Å². The maximum absolute atomic E-state index is 12.6. The molecule has 0 saturated carbocycles. The van der Waals surface area contributed by atoms with Crippen LogP contribution in [0.2, 0.25) is 0 Å². The number of rotatable bonds is 4. The zero-order valence-electron chi connectivity index (χ0n) is 13.2. The molecule has 0 saturated heterocycles. The fraction of sp³-hybridized carbons (Fsp3) is 0.222. The summed E-state index contributed by atoms with van der Waals surface area (Å²) in [5.74, 6) is -0.573. The molecule has 0 aliphatic rings. The topological polar surface area (TPSA) is 53.2 Å². The lowest BCUT2D eigenvalue weighted by Crippen LogP contribution is -2.20. The third kappa shape index (κ3) is 2.65. The van der Waals surface area contributed by atoms with Crippen LogP contribution in [0, 0.1) is 0 Å². The van der Waals surface area contributed by atoms with Gasteiger partial charge >= 0.3 is 5.97 Å². The van der Waals surface area contributed by atoms with Gasteiger partial charge in [0.1, 0.15) is 5.56 Å². The normalized spacial score (nSPS) is 10.9. The minimum Gasteiger partial charge on any atom is -0.462 e. The zero-order chi connectivity index (χ0) is 16.4. The second kappa shape index (κ2) is 6.12. The van der Waals surface area contributed by atoms with Crippen LogP contribution in [0.1, 0.15) is 24.2 Å². The van der Waals surface area contributed by atoms with Gasteiger partial charge in [-0.15, -0.1) is 0 Å². The van der Waals surface area contributed by atoms with E-state index in [-0.39, 0.29) is 17.6 Å². The first-order valence-corrected chi connectivity index (χ1v) is 7.63. The summed E-state index contributed by atoms with van der Waals surface area (Å²) in [5, 5.41) is 0.522. The summed E-state index contributed by atoms with van der Waals surface area (Å²) < 4.78 is 8.86. The molecule has 1 aromatic carbocycles. The van der Waals surface area contributed by atoms with Gasteiger partial charge in [0.05, 0.1) is 12.1 Å². The summed E-state index contributed by atoms with van der Waals surface area (Å²) in [7, 11) is 0. The molecule has 5 heteroatoms. The molecule has 3 rings (SSSR count). The zero-order valence-corrected chi connectivity index (χ0v) is 13.2. The van der Waals surface area contributed by atoms with Crippen molar-refractivity contribution in [2.45, 2.75) is 20.4 Å². The monoisotopic (exact) mass is 310 g/mol. The predicted molar refractivity (Wildman–Crippen MR) is 89.2 cm³/mol. The number of benzene rings is 1. The molecule has 0 aliphatic carbocycles. The maximum atomic E-state index is 12.6. The maximum Gasteiger partial charge on any atom is 0.343 e. The SMILES string of the molecule is CCOC(=O)c1cn(CC)c2cc(-n3cccc3)ccc2c1=O. The fourth-order valence-corrected chi connectivity index (χ4v) is 2.66. The van der Waals surface area contributed by atoms with Crippen LogP contribution in [-0.2, 0) is 11.3 Å². The average Bonchev–Trinajstić information content (AvgIpc) is 3.09. The summed E-state index contributed by atoms with van der Waals surface area (Å²) in [6.07, 6.45) is 5.48. The van der Waals surface area contributed by atoms with E-state index in [1.165, 1.54) is 0 Å². The van der Waals surface area contributed by atoms with E-state index in [1.54, 1.807) is 19.2 Å². The third-order valence-corrected chi connectivity index (χ3v) is 3.80. The molecule has 0 fully saturated rings. The van der Waals surface area contributed by atoms with Crippen molar-refractivity contribution in [2.75, 3.05) is 6.61 Å². The Morgan fingerprint density at radius 1 is 1.17 bits per heavy atom. The molecule has 23 heavy (non-hydrogen) atoms. The van der Waals surface area contributed by atoms with Gasteiger partial charge in [0, 0.05) is 36.2 Å². The number of fused-ring (bicyclic) bond motifs is 1. The van der Waals surface area contributed by atoms with Crippen molar-refractivity contribution < 1.29 is 9.53 Å². The highest BCUT2D eigenvalue weighted by Gasteiger charge is 2.16. The first-order valence-electron chi connectivity index (χ1n) is 7.63. The van der Waals surface area contributed by atoms with Crippen LogP contribution in [0.25, 0.3) is 16.6 Å².